The first kappa shape index (κ1) is 26.5. The van der Waals surface area contributed by atoms with Crippen LogP contribution in [0.15, 0.2) is 55.1 Å². The van der Waals surface area contributed by atoms with Crippen LogP contribution in [0.25, 0.3) is 27.6 Å². The standard InChI is InChI=1S/C32H36FNO4/c1-19(26-17-23(36-32(5,6)37-26)18-27(35)38-31(2,3)4)28-29(20-13-15-22(33)16-14-20)24-9-7-8-10-25(24)34-30(28)21-11-12-21/h7-10,13-16,21,23,26H,1,11-12,17-18H2,2-6H3/t23-,26+/m1/s1. The van der Waals surface area contributed by atoms with E-state index in [0.29, 0.717) is 12.3 Å². The zero-order valence-electron chi connectivity index (χ0n) is 22.8. The molecule has 1 saturated heterocycles. The predicted octanol–water partition coefficient (Wildman–Crippen LogP) is 7.57. The van der Waals surface area contributed by atoms with Gasteiger partial charge in [-0.1, -0.05) is 36.9 Å². The predicted molar refractivity (Wildman–Crippen MR) is 147 cm³/mol. The average molecular weight is 518 g/mol. The second-order valence-corrected chi connectivity index (χ2v) is 11.8. The minimum atomic E-state index is -0.918. The number of carbonyl (C=O) groups is 1. The number of ether oxygens (including phenoxy) is 3. The van der Waals surface area contributed by atoms with Crippen LogP contribution in [-0.2, 0) is 19.0 Å². The fourth-order valence-electron chi connectivity index (χ4n) is 5.30. The van der Waals surface area contributed by atoms with E-state index >= 15 is 0 Å². The Kier molecular flexibility index (Phi) is 6.91. The summed E-state index contributed by atoms with van der Waals surface area (Å²) in [7, 11) is 0. The van der Waals surface area contributed by atoms with Gasteiger partial charge in [0.05, 0.1) is 29.8 Å². The van der Waals surface area contributed by atoms with Crippen LogP contribution >= 0.6 is 0 Å². The van der Waals surface area contributed by atoms with Gasteiger partial charge in [0.15, 0.2) is 5.79 Å². The summed E-state index contributed by atoms with van der Waals surface area (Å²) in [5.74, 6) is -1.16. The summed E-state index contributed by atoms with van der Waals surface area (Å²) in [6.07, 6.45) is 1.94. The van der Waals surface area contributed by atoms with Gasteiger partial charge in [0.25, 0.3) is 0 Å². The lowest BCUT2D eigenvalue weighted by molar-refractivity contribution is -0.288. The number of halogens is 1. The van der Waals surface area contributed by atoms with Crippen molar-refractivity contribution in [3.63, 3.8) is 0 Å². The van der Waals surface area contributed by atoms with E-state index in [-0.39, 0.29) is 24.3 Å². The van der Waals surface area contributed by atoms with Gasteiger partial charge >= 0.3 is 5.97 Å². The number of benzene rings is 2. The highest BCUT2D eigenvalue weighted by molar-refractivity contribution is 6.01. The van der Waals surface area contributed by atoms with Crippen LogP contribution in [0, 0.1) is 5.82 Å². The summed E-state index contributed by atoms with van der Waals surface area (Å²) in [6, 6.07) is 14.6. The molecule has 5 nitrogen and oxygen atoms in total. The molecule has 0 bridgehead atoms. The monoisotopic (exact) mass is 517 g/mol. The third-order valence-corrected chi connectivity index (χ3v) is 6.90. The highest BCUT2D eigenvalue weighted by Crippen LogP contribution is 2.48. The third kappa shape index (κ3) is 5.82. The lowest BCUT2D eigenvalue weighted by atomic mass is 9.85. The van der Waals surface area contributed by atoms with Crippen LogP contribution in [-0.4, -0.2) is 34.5 Å². The first-order valence-corrected chi connectivity index (χ1v) is 13.4. The summed E-state index contributed by atoms with van der Waals surface area (Å²) in [6.45, 7) is 13.8. The van der Waals surface area contributed by atoms with E-state index in [2.05, 4.69) is 12.6 Å². The molecule has 2 atom stereocenters. The Balaban J connectivity index is 1.58. The van der Waals surface area contributed by atoms with Gasteiger partial charge in [-0.15, -0.1) is 0 Å². The molecule has 2 fully saturated rings. The number of fused-ring (bicyclic) bond motifs is 1. The van der Waals surface area contributed by atoms with Crippen molar-refractivity contribution < 1.29 is 23.4 Å². The highest BCUT2D eigenvalue weighted by Gasteiger charge is 2.40. The van der Waals surface area contributed by atoms with Gasteiger partial charge < -0.3 is 14.2 Å². The van der Waals surface area contributed by atoms with Crippen molar-refractivity contribution in [3.05, 3.63) is 72.2 Å². The van der Waals surface area contributed by atoms with Crippen LogP contribution in [0.3, 0.4) is 0 Å². The summed E-state index contributed by atoms with van der Waals surface area (Å²) in [5, 5.41) is 0.983. The van der Waals surface area contributed by atoms with Crippen LogP contribution in [0.4, 0.5) is 4.39 Å². The zero-order chi connectivity index (χ0) is 27.2. The molecular weight excluding hydrogens is 481 g/mol. The SMILES string of the molecule is C=C(c1c(C2CC2)nc2ccccc2c1-c1ccc(F)cc1)[C@@H]1C[C@H](CC(=O)OC(C)(C)C)OC(C)(C)O1. The second kappa shape index (κ2) is 9.90. The van der Waals surface area contributed by atoms with Crippen molar-refractivity contribution in [1.82, 2.24) is 4.98 Å². The Morgan fingerprint density at radius 3 is 2.45 bits per heavy atom. The number of aromatic nitrogens is 1. The molecule has 1 saturated carbocycles. The van der Waals surface area contributed by atoms with E-state index in [9.17, 15) is 9.18 Å². The molecule has 0 spiro atoms. The van der Waals surface area contributed by atoms with E-state index in [1.54, 1.807) is 0 Å². The summed E-state index contributed by atoms with van der Waals surface area (Å²) in [5.41, 5.74) is 4.98. The van der Waals surface area contributed by atoms with E-state index in [1.807, 2.05) is 65.0 Å². The van der Waals surface area contributed by atoms with Crippen LogP contribution in [0.1, 0.15) is 77.5 Å². The largest absolute Gasteiger partial charge is 0.460 e. The number of rotatable bonds is 6. The van der Waals surface area contributed by atoms with Gasteiger partial charge in [0, 0.05) is 28.9 Å². The highest BCUT2D eigenvalue weighted by atomic mass is 19.1. The minimum Gasteiger partial charge on any atom is -0.460 e. The molecule has 1 aromatic heterocycles. The Bertz CT molecular complexity index is 1370. The first-order chi connectivity index (χ1) is 17.9. The molecule has 1 aliphatic heterocycles. The van der Waals surface area contributed by atoms with Crippen molar-refractivity contribution in [1.29, 1.82) is 0 Å². The van der Waals surface area contributed by atoms with Gasteiger partial charge in [0.2, 0.25) is 0 Å². The molecule has 2 aliphatic rings. The van der Waals surface area contributed by atoms with E-state index < -0.39 is 17.5 Å². The summed E-state index contributed by atoms with van der Waals surface area (Å²) >= 11 is 0. The molecular formula is C32H36FNO4. The molecule has 6 heteroatoms. The van der Waals surface area contributed by atoms with Crippen LogP contribution in [0.5, 0.6) is 0 Å². The van der Waals surface area contributed by atoms with Crippen LogP contribution in [0.2, 0.25) is 0 Å². The number of carbonyl (C=O) groups excluding carboxylic acids is 1. The molecule has 38 heavy (non-hydrogen) atoms. The van der Waals surface area contributed by atoms with Crippen molar-refractivity contribution >= 4 is 22.4 Å². The van der Waals surface area contributed by atoms with E-state index in [1.165, 1.54) is 12.1 Å². The molecule has 0 unspecified atom stereocenters. The van der Waals surface area contributed by atoms with Gasteiger partial charge in [-0.05, 0) is 76.8 Å². The number of hydrogen-bond acceptors (Lipinski definition) is 5. The van der Waals surface area contributed by atoms with Gasteiger partial charge in [-0.3, -0.25) is 9.78 Å². The minimum absolute atomic E-state index is 0.129. The lowest BCUT2D eigenvalue weighted by Crippen LogP contribution is -2.46. The number of pyridine rings is 1. The van der Waals surface area contributed by atoms with Crippen molar-refractivity contribution in [3.8, 4) is 11.1 Å². The Morgan fingerprint density at radius 2 is 1.79 bits per heavy atom. The quantitative estimate of drug-likeness (QED) is 0.316. The fraction of sp³-hybridized carbons (Fsp3) is 0.438. The Hall–Kier alpha value is -3.09. The maximum atomic E-state index is 13.9. The van der Waals surface area contributed by atoms with Crippen molar-refractivity contribution in [2.75, 3.05) is 0 Å². The van der Waals surface area contributed by atoms with E-state index in [0.717, 1.165) is 51.7 Å². The molecule has 3 aromatic rings. The molecule has 0 radical (unpaired) electrons. The lowest BCUT2D eigenvalue weighted by Gasteiger charge is -2.42. The summed E-state index contributed by atoms with van der Waals surface area (Å²) in [4.78, 5) is 17.7. The van der Waals surface area contributed by atoms with Gasteiger partial charge in [0.1, 0.15) is 11.4 Å². The van der Waals surface area contributed by atoms with Gasteiger partial charge in [-0.25, -0.2) is 4.39 Å². The summed E-state index contributed by atoms with van der Waals surface area (Å²) < 4.78 is 32.0. The first-order valence-electron chi connectivity index (χ1n) is 13.4. The maximum Gasteiger partial charge on any atom is 0.308 e. The number of esters is 1. The fourth-order valence-corrected chi connectivity index (χ4v) is 5.30. The molecule has 2 heterocycles. The second-order valence-electron chi connectivity index (χ2n) is 11.8. The normalized spacial score (nSPS) is 21.3. The molecule has 5 rings (SSSR count). The molecule has 1 aliphatic carbocycles. The number of hydrogen-bond donors (Lipinski definition) is 0. The zero-order valence-corrected chi connectivity index (χ0v) is 22.8. The number of nitrogens with zero attached hydrogens (tertiary/aromatic N) is 1. The van der Waals surface area contributed by atoms with Crippen LogP contribution < -0.4 is 0 Å². The molecule has 0 amide bonds. The Morgan fingerprint density at radius 1 is 1.11 bits per heavy atom. The number of para-hydroxylation sites is 1. The average Bonchev–Trinajstić information content (AvgIpc) is 3.66. The molecule has 200 valence electrons. The topological polar surface area (TPSA) is 57.7 Å². The smallest absolute Gasteiger partial charge is 0.308 e. The Labute approximate surface area is 224 Å². The third-order valence-electron chi connectivity index (χ3n) is 6.90. The maximum absolute atomic E-state index is 13.9. The van der Waals surface area contributed by atoms with E-state index in [4.69, 9.17) is 19.2 Å². The molecule has 2 aromatic carbocycles. The van der Waals surface area contributed by atoms with Gasteiger partial charge in [-0.2, -0.15) is 0 Å². The van der Waals surface area contributed by atoms with Crippen molar-refractivity contribution in [2.45, 2.75) is 89.8 Å². The van der Waals surface area contributed by atoms with Crippen molar-refractivity contribution in [2.24, 2.45) is 0 Å². The molecule has 0 N–H and O–H groups in total.